The van der Waals surface area contributed by atoms with Crippen molar-refractivity contribution in [2.45, 2.75) is 38.8 Å². The average molecular weight is 369 g/mol. The molecule has 144 valence electrons. The van der Waals surface area contributed by atoms with Crippen LogP contribution in [-0.4, -0.2) is 41.5 Å². The molecule has 0 saturated carbocycles. The van der Waals surface area contributed by atoms with E-state index in [1.807, 2.05) is 18.2 Å². The molecule has 0 radical (unpaired) electrons. The van der Waals surface area contributed by atoms with E-state index in [1.54, 1.807) is 0 Å². The van der Waals surface area contributed by atoms with Gasteiger partial charge in [0.1, 0.15) is 11.9 Å². The predicted octanol–water partition coefficient (Wildman–Crippen LogP) is 2.56. The van der Waals surface area contributed by atoms with Gasteiger partial charge in [-0.1, -0.05) is 31.5 Å². The van der Waals surface area contributed by atoms with E-state index < -0.39 is 0 Å². The van der Waals surface area contributed by atoms with Crippen LogP contribution in [0.4, 0.5) is 0 Å². The molecule has 0 saturated heterocycles. The van der Waals surface area contributed by atoms with Gasteiger partial charge in [0.25, 0.3) is 5.91 Å². The van der Waals surface area contributed by atoms with Gasteiger partial charge in [-0.15, -0.1) is 0 Å². The van der Waals surface area contributed by atoms with E-state index in [1.165, 1.54) is 23.9 Å². The van der Waals surface area contributed by atoms with Crippen molar-refractivity contribution in [2.75, 3.05) is 19.6 Å². The Labute approximate surface area is 159 Å². The monoisotopic (exact) mass is 369 g/mol. The molecule has 2 N–H and O–H groups in total. The molecule has 6 heteroatoms. The number of pyridine rings is 1. The Morgan fingerprint density at radius 3 is 2.93 bits per heavy atom. The smallest absolute Gasteiger partial charge is 0.252 e. The van der Waals surface area contributed by atoms with E-state index in [2.05, 4.69) is 28.2 Å². The Morgan fingerprint density at radius 1 is 1.30 bits per heavy atom. The lowest BCUT2D eigenvalue weighted by Crippen LogP contribution is -2.38. The number of amides is 1. The third-order valence-corrected chi connectivity index (χ3v) is 4.76. The fourth-order valence-corrected chi connectivity index (χ4v) is 3.29. The third-order valence-electron chi connectivity index (χ3n) is 4.76. The first-order valence-electron chi connectivity index (χ1n) is 9.59. The van der Waals surface area contributed by atoms with E-state index in [9.17, 15) is 9.59 Å². The number of benzene rings is 1. The van der Waals surface area contributed by atoms with Crippen molar-refractivity contribution in [1.29, 1.82) is 0 Å². The maximum atomic E-state index is 12.2. The van der Waals surface area contributed by atoms with Crippen molar-refractivity contribution in [2.24, 2.45) is 0 Å². The number of ether oxygens (including phenoxy) is 1. The second-order valence-corrected chi connectivity index (χ2v) is 6.92. The highest BCUT2D eigenvalue weighted by Crippen LogP contribution is 2.26. The number of nitrogens with zero attached hydrogens (tertiary/aromatic N) is 1. The van der Waals surface area contributed by atoms with E-state index in [4.69, 9.17) is 4.74 Å². The van der Waals surface area contributed by atoms with Gasteiger partial charge in [-0.05, 0) is 25.0 Å². The van der Waals surface area contributed by atoms with Crippen LogP contribution in [0.5, 0.6) is 5.75 Å². The number of nitrogens with one attached hydrogen (secondary N) is 2. The van der Waals surface area contributed by atoms with Gasteiger partial charge in [0.15, 0.2) is 0 Å². The molecule has 0 unspecified atom stereocenters. The van der Waals surface area contributed by atoms with Crippen molar-refractivity contribution >= 4 is 5.91 Å². The summed E-state index contributed by atoms with van der Waals surface area (Å²) in [6, 6.07) is 11.1. The normalized spacial score (nSPS) is 16.9. The summed E-state index contributed by atoms with van der Waals surface area (Å²) in [5.41, 5.74) is 1.43. The highest BCUT2D eigenvalue weighted by Gasteiger charge is 2.22. The number of rotatable bonds is 7. The number of fused-ring (bicyclic) bond motifs is 1. The van der Waals surface area contributed by atoms with E-state index in [0.29, 0.717) is 12.1 Å². The van der Waals surface area contributed by atoms with Crippen LogP contribution in [0.15, 0.2) is 47.4 Å². The summed E-state index contributed by atoms with van der Waals surface area (Å²) >= 11 is 0. The minimum absolute atomic E-state index is 0.170. The number of carbonyl (C=O) groups is 1. The molecule has 1 amide bonds. The van der Waals surface area contributed by atoms with Crippen molar-refractivity contribution in [1.82, 2.24) is 15.2 Å². The second-order valence-electron chi connectivity index (χ2n) is 6.92. The molecule has 1 atom stereocenters. The number of aromatic amines is 1. The fourth-order valence-electron chi connectivity index (χ4n) is 3.29. The molecule has 1 aliphatic rings. The predicted molar refractivity (Wildman–Crippen MR) is 105 cm³/mol. The Morgan fingerprint density at radius 2 is 2.15 bits per heavy atom. The van der Waals surface area contributed by atoms with Crippen LogP contribution in [0.3, 0.4) is 0 Å². The number of unbranched alkanes of at least 4 members (excludes halogenated alkanes) is 1. The van der Waals surface area contributed by atoms with Crippen molar-refractivity contribution < 1.29 is 9.53 Å². The van der Waals surface area contributed by atoms with E-state index in [0.717, 1.165) is 44.6 Å². The number of aromatic nitrogens is 1. The summed E-state index contributed by atoms with van der Waals surface area (Å²) in [5, 5.41) is 2.92. The number of hydrogen-bond acceptors (Lipinski definition) is 4. The fraction of sp³-hybridized carbons (Fsp3) is 0.429. The summed E-state index contributed by atoms with van der Waals surface area (Å²) < 4.78 is 6.23. The zero-order chi connectivity index (χ0) is 19.1. The number of carbonyl (C=O) groups excluding carboxylic acids is 1. The SMILES string of the molecule is CCCC[C@@H]1CN(CCNC(=O)c2ccc(=O)[nH]c2)Cc2ccccc2O1. The lowest BCUT2D eigenvalue weighted by atomic mass is 10.1. The van der Waals surface area contributed by atoms with Crippen LogP contribution in [0.1, 0.15) is 42.1 Å². The minimum Gasteiger partial charge on any atom is -0.489 e. The first kappa shape index (κ1) is 19.2. The summed E-state index contributed by atoms with van der Waals surface area (Å²) in [7, 11) is 0. The molecule has 0 fully saturated rings. The highest BCUT2D eigenvalue weighted by molar-refractivity contribution is 5.93. The van der Waals surface area contributed by atoms with Crippen molar-refractivity contribution in [3.63, 3.8) is 0 Å². The van der Waals surface area contributed by atoms with Crippen molar-refractivity contribution in [3.05, 3.63) is 64.1 Å². The van der Waals surface area contributed by atoms with Crippen LogP contribution in [0.25, 0.3) is 0 Å². The molecule has 2 aromatic rings. The molecule has 0 spiro atoms. The van der Waals surface area contributed by atoms with Gasteiger partial charge >= 0.3 is 0 Å². The largest absolute Gasteiger partial charge is 0.489 e. The maximum absolute atomic E-state index is 12.2. The second kappa shape index (κ2) is 9.37. The molecule has 0 aliphatic carbocycles. The lowest BCUT2D eigenvalue weighted by Gasteiger charge is -2.24. The number of para-hydroxylation sites is 1. The molecule has 1 aromatic heterocycles. The summed E-state index contributed by atoms with van der Waals surface area (Å²) in [6.45, 7) is 5.14. The van der Waals surface area contributed by atoms with Gasteiger partial charge in [0.05, 0.1) is 5.56 Å². The van der Waals surface area contributed by atoms with Crippen LogP contribution >= 0.6 is 0 Å². The van der Waals surface area contributed by atoms with Crippen molar-refractivity contribution in [3.8, 4) is 5.75 Å². The van der Waals surface area contributed by atoms with Gasteiger partial charge in [-0.25, -0.2) is 0 Å². The van der Waals surface area contributed by atoms with E-state index in [-0.39, 0.29) is 17.6 Å². The van der Waals surface area contributed by atoms with Crippen LogP contribution in [0.2, 0.25) is 0 Å². The van der Waals surface area contributed by atoms with Gasteiger partial charge in [-0.2, -0.15) is 0 Å². The van der Waals surface area contributed by atoms with Gasteiger partial charge in [0.2, 0.25) is 5.56 Å². The molecular weight excluding hydrogens is 342 g/mol. The first-order valence-corrected chi connectivity index (χ1v) is 9.59. The molecule has 27 heavy (non-hydrogen) atoms. The molecule has 6 nitrogen and oxygen atoms in total. The van der Waals surface area contributed by atoms with Gasteiger partial charge in [-0.3, -0.25) is 14.5 Å². The highest BCUT2D eigenvalue weighted by atomic mass is 16.5. The van der Waals surface area contributed by atoms with Gasteiger partial charge in [0, 0.05) is 44.0 Å². The quantitative estimate of drug-likeness (QED) is 0.787. The molecule has 0 bridgehead atoms. The molecule has 3 rings (SSSR count). The number of hydrogen-bond donors (Lipinski definition) is 2. The van der Waals surface area contributed by atoms with E-state index >= 15 is 0 Å². The Bertz CT molecular complexity index is 798. The molecule has 1 aromatic carbocycles. The zero-order valence-electron chi connectivity index (χ0n) is 15.7. The third kappa shape index (κ3) is 5.44. The molecular formula is C21H27N3O3. The first-order chi connectivity index (χ1) is 13.2. The van der Waals surface area contributed by atoms with Crippen LogP contribution < -0.4 is 15.6 Å². The van der Waals surface area contributed by atoms with Crippen LogP contribution in [-0.2, 0) is 6.54 Å². The minimum atomic E-state index is -0.215. The Hall–Kier alpha value is -2.60. The average Bonchev–Trinajstić information content (AvgIpc) is 2.85. The van der Waals surface area contributed by atoms with Gasteiger partial charge < -0.3 is 15.0 Å². The summed E-state index contributed by atoms with van der Waals surface area (Å²) in [6.07, 6.45) is 4.93. The summed E-state index contributed by atoms with van der Waals surface area (Å²) in [5.74, 6) is 0.790. The zero-order valence-corrected chi connectivity index (χ0v) is 15.7. The Kier molecular flexibility index (Phi) is 6.65. The lowest BCUT2D eigenvalue weighted by molar-refractivity contribution is 0.0941. The topological polar surface area (TPSA) is 74.4 Å². The Balaban J connectivity index is 1.58. The molecule has 2 heterocycles. The molecule has 1 aliphatic heterocycles. The standard InChI is InChI=1S/C21H27N3O3/c1-2-3-7-18-15-24(14-17-6-4-5-8-19(17)27-18)12-11-22-21(26)16-9-10-20(25)23-13-16/h4-6,8-10,13,18H,2-3,7,11-12,14-15H2,1H3,(H,22,26)(H,23,25)/t18-/m1/s1. The van der Waals surface area contributed by atoms with Crippen LogP contribution in [0, 0.1) is 0 Å². The summed E-state index contributed by atoms with van der Waals surface area (Å²) in [4.78, 5) is 28.1. The number of H-pyrrole nitrogens is 1. The maximum Gasteiger partial charge on any atom is 0.252 e.